The number of nitrogens with zero attached hydrogens (tertiary/aromatic N) is 1. The van der Waals surface area contributed by atoms with Gasteiger partial charge in [0.1, 0.15) is 11.9 Å². The zero-order chi connectivity index (χ0) is 8.10. The van der Waals surface area contributed by atoms with Gasteiger partial charge in [0, 0.05) is 6.92 Å². The Balaban J connectivity index is 2.48. The molecule has 0 unspecified atom stereocenters. The van der Waals surface area contributed by atoms with E-state index in [4.69, 9.17) is 9.47 Å². The van der Waals surface area contributed by atoms with Crippen molar-refractivity contribution in [1.82, 2.24) is 0 Å². The predicted molar refractivity (Wildman–Crippen MR) is 45.2 cm³/mol. The molecule has 0 spiro atoms. The van der Waals surface area contributed by atoms with Crippen molar-refractivity contribution in [2.45, 2.75) is 6.92 Å². The molecule has 1 aliphatic rings. The molecule has 1 fully saturated rings. The van der Waals surface area contributed by atoms with E-state index in [1.54, 1.807) is 0 Å². The Labute approximate surface area is 72.1 Å². The second-order valence-corrected chi connectivity index (χ2v) is 4.01. The lowest BCUT2D eigenvalue weighted by Gasteiger charge is -2.00. The molecule has 0 aromatic rings. The molecule has 11 heavy (non-hydrogen) atoms. The Morgan fingerprint density at radius 3 is 2.45 bits per heavy atom. The van der Waals surface area contributed by atoms with Crippen LogP contribution in [0.2, 0.25) is 0 Å². The first-order valence-corrected chi connectivity index (χ1v) is 5.37. The number of aliphatic imine (C=N–C) groups is 1. The highest BCUT2D eigenvalue weighted by molar-refractivity contribution is 8.76. The summed E-state index contributed by atoms with van der Waals surface area (Å²) in [4.78, 5) is 14.0. The molecule has 0 saturated carbocycles. The van der Waals surface area contributed by atoms with Gasteiger partial charge in [0.25, 0.3) is 0 Å². The molecule has 0 aromatic carbocycles. The third-order valence-corrected chi connectivity index (χ3v) is 2.47. The molecule has 0 aromatic heterocycles. The van der Waals surface area contributed by atoms with Gasteiger partial charge >= 0.3 is 6.08 Å². The first-order chi connectivity index (χ1) is 5.29. The van der Waals surface area contributed by atoms with Crippen LogP contribution < -0.4 is 0 Å². The predicted octanol–water partition coefficient (Wildman–Crippen LogP) is 1.23. The molecule has 1 amide bonds. The Morgan fingerprint density at radius 2 is 2.00 bits per heavy atom. The van der Waals surface area contributed by atoms with Gasteiger partial charge in [0.2, 0.25) is 5.91 Å². The second-order valence-electron chi connectivity index (χ2n) is 1.66. The van der Waals surface area contributed by atoms with Crippen LogP contribution in [0, 0.1) is 0 Å². The van der Waals surface area contributed by atoms with Gasteiger partial charge in [0.05, 0.1) is 0 Å². The van der Waals surface area contributed by atoms with Crippen LogP contribution in [0.15, 0.2) is 4.99 Å². The Kier molecular flexibility index (Phi) is 3.58. The van der Waals surface area contributed by atoms with Crippen molar-refractivity contribution < 1.29 is 14.3 Å². The van der Waals surface area contributed by atoms with Crippen LogP contribution in [0.25, 0.3) is 0 Å². The molecule has 1 saturated heterocycles. The first kappa shape index (κ1) is 8.73. The fourth-order valence-corrected chi connectivity index (χ4v) is 1.58. The van der Waals surface area contributed by atoms with Crippen molar-refractivity contribution in [3.05, 3.63) is 0 Å². The van der Waals surface area contributed by atoms with E-state index in [-0.39, 0.29) is 12.0 Å². The molecule has 4 nitrogen and oxygen atoms in total. The summed E-state index contributed by atoms with van der Waals surface area (Å²) in [6.45, 7) is 1.35. The van der Waals surface area contributed by atoms with Crippen LogP contribution in [-0.4, -0.2) is 23.9 Å². The van der Waals surface area contributed by atoms with Crippen molar-refractivity contribution in [2.75, 3.05) is 11.9 Å². The van der Waals surface area contributed by atoms with Gasteiger partial charge in [-0.1, -0.05) is 0 Å². The molecule has 0 N–H and O–H groups in total. The average Bonchev–Trinajstić information content (AvgIpc) is 2.14. The van der Waals surface area contributed by atoms with E-state index >= 15 is 0 Å². The topological polar surface area (TPSA) is 47.9 Å². The number of carbonyl (C=O) groups is 1. The molecule has 0 aliphatic carbocycles. The molecule has 6 heteroatoms. The average molecular weight is 193 g/mol. The largest absolute Gasteiger partial charge is 0.438 e. The van der Waals surface area contributed by atoms with E-state index in [0.717, 1.165) is 0 Å². The Morgan fingerprint density at radius 1 is 1.45 bits per heavy atom. The quantitative estimate of drug-likeness (QED) is 0.541. The van der Waals surface area contributed by atoms with E-state index < -0.39 is 0 Å². The minimum atomic E-state index is -0.308. The molecular weight excluding hydrogens is 186 g/mol. The third kappa shape index (κ3) is 3.52. The number of ether oxygens (including phenoxy) is 2. The normalized spacial score (nSPS) is 17.7. The standard InChI is InChI=1S/C5H7NO3S2/c1-4(7)6-5-8-2-10-11-3-9-5/h2-3H2,1H3. The fourth-order valence-electron chi connectivity index (χ4n) is 0.452. The maximum absolute atomic E-state index is 10.5. The first-order valence-electron chi connectivity index (χ1n) is 2.88. The zero-order valence-electron chi connectivity index (χ0n) is 5.90. The summed E-state index contributed by atoms with van der Waals surface area (Å²) in [5, 5.41) is 0. The van der Waals surface area contributed by atoms with Crippen molar-refractivity contribution in [3.8, 4) is 0 Å². The molecule has 0 bridgehead atoms. The molecule has 0 atom stereocenters. The minimum Gasteiger partial charge on any atom is -0.438 e. The summed E-state index contributed by atoms with van der Waals surface area (Å²) in [6.07, 6.45) is 0.0787. The van der Waals surface area contributed by atoms with E-state index in [0.29, 0.717) is 11.9 Å². The molecule has 0 radical (unpaired) electrons. The van der Waals surface area contributed by atoms with Crippen LogP contribution in [-0.2, 0) is 14.3 Å². The molecule has 62 valence electrons. The summed E-state index contributed by atoms with van der Waals surface area (Å²) < 4.78 is 9.93. The van der Waals surface area contributed by atoms with Crippen molar-refractivity contribution in [1.29, 1.82) is 0 Å². The summed E-state index contributed by atoms with van der Waals surface area (Å²) in [5.74, 6) is 0.630. The number of carbonyl (C=O) groups excluding carboxylic acids is 1. The van der Waals surface area contributed by atoms with Crippen LogP contribution in [0.1, 0.15) is 6.92 Å². The summed E-state index contributed by atoms with van der Waals surface area (Å²) >= 11 is 0. The van der Waals surface area contributed by atoms with E-state index in [2.05, 4.69) is 4.99 Å². The summed E-state index contributed by atoms with van der Waals surface area (Å²) in [7, 11) is 3.05. The maximum atomic E-state index is 10.5. The molecule has 1 heterocycles. The smallest absolute Gasteiger partial charge is 0.393 e. The van der Waals surface area contributed by atoms with Crippen LogP contribution in [0.4, 0.5) is 0 Å². The molecule has 1 aliphatic heterocycles. The Hall–Kier alpha value is -0.360. The van der Waals surface area contributed by atoms with Gasteiger partial charge in [-0.15, -0.1) is 4.99 Å². The SMILES string of the molecule is CC(=O)N=C1OCSSCO1. The summed E-state index contributed by atoms with van der Waals surface area (Å²) in [6, 6.07) is 0. The van der Waals surface area contributed by atoms with Crippen molar-refractivity contribution in [2.24, 2.45) is 4.99 Å². The van der Waals surface area contributed by atoms with Gasteiger partial charge in [-0.2, -0.15) is 0 Å². The molecule has 1 rings (SSSR count). The van der Waals surface area contributed by atoms with Gasteiger partial charge in [0.15, 0.2) is 0 Å². The van der Waals surface area contributed by atoms with Gasteiger partial charge in [-0.25, -0.2) is 0 Å². The number of hydrogen-bond donors (Lipinski definition) is 0. The van der Waals surface area contributed by atoms with Gasteiger partial charge < -0.3 is 9.47 Å². The highest BCUT2D eigenvalue weighted by Gasteiger charge is 2.08. The number of hydrogen-bond acceptors (Lipinski definition) is 5. The highest BCUT2D eigenvalue weighted by atomic mass is 33.1. The Bertz CT molecular complexity index is 173. The summed E-state index contributed by atoms with van der Waals surface area (Å²) in [5.41, 5.74) is 0. The second kappa shape index (κ2) is 4.50. The lowest BCUT2D eigenvalue weighted by molar-refractivity contribution is -0.116. The highest BCUT2D eigenvalue weighted by Crippen LogP contribution is 2.24. The van der Waals surface area contributed by atoms with Crippen molar-refractivity contribution in [3.63, 3.8) is 0 Å². The van der Waals surface area contributed by atoms with Crippen LogP contribution in [0.3, 0.4) is 0 Å². The van der Waals surface area contributed by atoms with E-state index in [1.807, 2.05) is 0 Å². The minimum absolute atomic E-state index is 0.0787. The van der Waals surface area contributed by atoms with Crippen LogP contribution in [0.5, 0.6) is 0 Å². The lowest BCUT2D eigenvalue weighted by atomic mass is 10.7. The zero-order valence-corrected chi connectivity index (χ0v) is 7.54. The fraction of sp³-hybridized carbons (Fsp3) is 0.600. The monoisotopic (exact) mass is 193 g/mol. The van der Waals surface area contributed by atoms with Gasteiger partial charge in [-0.05, 0) is 21.6 Å². The molecular formula is C5H7NO3S2. The third-order valence-electron chi connectivity index (χ3n) is 0.793. The lowest BCUT2D eigenvalue weighted by Crippen LogP contribution is -2.08. The van der Waals surface area contributed by atoms with E-state index in [9.17, 15) is 4.79 Å². The number of amides is 1. The maximum Gasteiger partial charge on any atom is 0.393 e. The van der Waals surface area contributed by atoms with Crippen molar-refractivity contribution >= 4 is 33.6 Å². The van der Waals surface area contributed by atoms with Gasteiger partial charge in [-0.3, -0.25) is 4.79 Å². The van der Waals surface area contributed by atoms with E-state index in [1.165, 1.54) is 28.5 Å². The number of rotatable bonds is 0. The van der Waals surface area contributed by atoms with Crippen LogP contribution >= 0.6 is 21.6 Å².